The molecule has 122 valence electrons. The Kier molecular flexibility index (Phi) is 5.52. The summed E-state index contributed by atoms with van der Waals surface area (Å²) in [6.45, 7) is 2.03. The number of ether oxygens (including phenoxy) is 1. The number of hydrogen-bond acceptors (Lipinski definition) is 7. The van der Waals surface area contributed by atoms with Crippen molar-refractivity contribution in [1.82, 2.24) is 24.7 Å². The maximum atomic E-state index is 12.1. The monoisotopic (exact) mass is 336 g/mol. The van der Waals surface area contributed by atoms with E-state index >= 15 is 0 Å². The number of methoxy groups -OCH3 is 1. The first kappa shape index (κ1) is 16.7. The molecule has 2 aromatic heterocycles. The number of H-pyrrole nitrogens is 1. The van der Waals surface area contributed by atoms with Gasteiger partial charge in [-0.3, -0.25) is 14.5 Å². The van der Waals surface area contributed by atoms with Gasteiger partial charge in [-0.25, -0.2) is 14.8 Å². The summed E-state index contributed by atoms with van der Waals surface area (Å²) in [4.78, 5) is 31.2. The van der Waals surface area contributed by atoms with Crippen LogP contribution in [0.4, 0.5) is 5.82 Å². The average Bonchev–Trinajstić information content (AvgIpc) is 2.88. The number of carbonyl (C=O) groups is 2. The van der Waals surface area contributed by atoms with Crippen molar-refractivity contribution in [1.29, 1.82) is 0 Å². The van der Waals surface area contributed by atoms with Crippen molar-refractivity contribution < 1.29 is 14.3 Å². The van der Waals surface area contributed by atoms with E-state index in [9.17, 15) is 9.59 Å². The molecular weight excluding hydrogens is 320 g/mol. The van der Waals surface area contributed by atoms with Crippen molar-refractivity contribution in [3.63, 3.8) is 0 Å². The number of aromatic nitrogens is 5. The Balaban J connectivity index is 2.04. The third-order valence-corrected chi connectivity index (χ3v) is 3.24. The highest BCUT2D eigenvalue weighted by Gasteiger charge is 2.12. The van der Waals surface area contributed by atoms with Crippen LogP contribution < -0.4 is 5.32 Å². The van der Waals surface area contributed by atoms with E-state index in [1.807, 2.05) is 6.92 Å². The van der Waals surface area contributed by atoms with Gasteiger partial charge >= 0.3 is 5.97 Å². The number of carbonyl (C=O) groups excluding carboxylic acids is 2. The third kappa shape index (κ3) is 4.19. The first-order chi connectivity index (χ1) is 11.0. The van der Waals surface area contributed by atoms with Gasteiger partial charge in [0, 0.05) is 6.42 Å². The summed E-state index contributed by atoms with van der Waals surface area (Å²) < 4.78 is 6.54. The number of nitrogens with one attached hydrogen (secondary N) is 2. The fraction of sp³-hybridized carbons (Fsp3) is 0.385. The maximum Gasteiger partial charge on any atom is 0.358 e. The quantitative estimate of drug-likeness (QED) is 0.600. The summed E-state index contributed by atoms with van der Waals surface area (Å²) in [6.07, 6.45) is 4.12. The predicted octanol–water partition coefficient (Wildman–Crippen LogP) is 1.11. The van der Waals surface area contributed by atoms with Crippen molar-refractivity contribution >= 4 is 29.9 Å². The Hall–Kier alpha value is -2.62. The zero-order chi connectivity index (χ0) is 16.8. The molecule has 0 bridgehead atoms. The molecule has 2 aromatic rings. The largest absolute Gasteiger partial charge is 0.464 e. The molecule has 0 aliphatic heterocycles. The maximum absolute atomic E-state index is 12.1. The smallest absolute Gasteiger partial charge is 0.358 e. The van der Waals surface area contributed by atoms with Crippen LogP contribution in [0.2, 0.25) is 0 Å². The highest BCUT2D eigenvalue weighted by atomic mass is 32.1. The van der Waals surface area contributed by atoms with Gasteiger partial charge in [-0.15, -0.1) is 0 Å². The molecule has 23 heavy (non-hydrogen) atoms. The predicted molar refractivity (Wildman–Crippen MR) is 83.4 cm³/mol. The van der Waals surface area contributed by atoms with Crippen molar-refractivity contribution in [2.45, 2.75) is 26.3 Å². The van der Waals surface area contributed by atoms with Gasteiger partial charge in [-0.1, -0.05) is 6.92 Å². The highest BCUT2D eigenvalue weighted by molar-refractivity contribution is 7.71. The van der Waals surface area contributed by atoms with Gasteiger partial charge in [0.15, 0.2) is 16.3 Å². The molecule has 0 aliphatic carbocycles. The summed E-state index contributed by atoms with van der Waals surface area (Å²) in [6, 6.07) is 0. The average molecular weight is 336 g/mol. The van der Waals surface area contributed by atoms with Gasteiger partial charge in [0.2, 0.25) is 5.91 Å². The minimum atomic E-state index is -0.593. The van der Waals surface area contributed by atoms with Gasteiger partial charge in [-0.2, -0.15) is 5.10 Å². The minimum Gasteiger partial charge on any atom is -0.464 e. The van der Waals surface area contributed by atoms with Gasteiger partial charge in [0.25, 0.3) is 0 Å². The van der Waals surface area contributed by atoms with E-state index in [0.717, 1.165) is 12.2 Å². The van der Waals surface area contributed by atoms with E-state index < -0.39 is 5.97 Å². The van der Waals surface area contributed by atoms with E-state index in [1.165, 1.54) is 19.5 Å². The van der Waals surface area contributed by atoms with Crippen molar-refractivity contribution in [2.24, 2.45) is 0 Å². The van der Waals surface area contributed by atoms with Gasteiger partial charge in [-0.05, 0) is 18.6 Å². The zero-order valence-electron chi connectivity index (χ0n) is 12.7. The van der Waals surface area contributed by atoms with Crippen LogP contribution in [-0.4, -0.2) is 43.7 Å². The Labute approximate surface area is 137 Å². The van der Waals surface area contributed by atoms with Crippen LogP contribution >= 0.6 is 12.2 Å². The van der Waals surface area contributed by atoms with E-state index in [0.29, 0.717) is 11.2 Å². The van der Waals surface area contributed by atoms with E-state index in [2.05, 4.69) is 30.2 Å². The summed E-state index contributed by atoms with van der Waals surface area (Å²) in [7, 11) is 1.25. The molecule has 9 nitrogen and oxygen atoms in total. The molecule has 0 fully saturated rings. The minimum absolute atomic E-state index is 0.0189. The molecule has 2 heterocycles. The van der Waals surface area contributed by atoms with Gasteiger partial charge in [0.05, 0.1) is 19.5 Å². The Morgan fingerprint density at radius 1 is 1.39 bits per heavy atom. The van der Waals surface area contributed by atoms with Gasteiger partial charge < -0.3 is 10.1 Å². The Bertz CT molecular complexity index is 752. The van der Waals surface area contributed by atoms with Crippen LogP contribution in [0.5, 0.6) is 0 Å². The van der Waals surface area contributed by atoms with Crippen molar-refractivity contribution in [3.8, 4) is 0 Å². The Morgan fingerprint density at radius 3 is 2.78 bits per heavy atom. The molecule has 0 atom stereocenters. The molecule has 0 saturated carbocycles. The fourth-order valence-electron chi connectivity index (χ4n) is 1.86. The molecule has 0 aliphatic rings. The van der Waals surface area contributed by atoms with Crippen LogP contribution in [0.3, 0.4) is 0 Å². The number of nitrogens with zero attached hydrogens (tertiary/aromatic N) is 4. The van der Waals surface area contributed by atoms with Crippen LogP contribution in [0, 0.1) is 4.77 Å². The summed E-state index contributed by atoms with van der Waals surface area (Å²) >= 11 is 5.11. The molecular formula is C13H16N6O3S. The second-order valence-electron chi connectivity index (χ2n) is 4.61. The summed E-state index contributed by atoms with van der Waals surface area (Å²) in [5, 5.41) is 9.35. The lowest BCUT2D eigenvalue weighted by Crippen LogP contribution is -2.21. The molecule has 1 amide bonds. The summed E-state index contributed by atoms with van der Waals surface area (Å²) in [5.74, 6) is 0.0405. The SMILES string of the molecule is CCCc1n[nH]c(=S)n1CC(=O)Nc1cnc(C(=O)OC)cn1. The van der Waals surface area contributed by atoms with E-state index in [4.69, 9.17) is 12.2 Å². The first-order valence-electron chi connectivity index (χ1n) is 6.89. The second-order valence-corrected chi connectivity index (χ2v) is 4.99. The van der Waals surface area contributed by atoms with Crippen LogP contribution in [0.25, 0.3) is 0 Å². The fourth-order valence-corrected chi connectivity index (χ4v) is 2.07. The first-order valence-corrected chi connectivity index (χ1v) is 7.30. The van der Waals surface area contributed by atoms with E-state index in [1.54, 1.807) is 4.57 Å². The third-order valence-electron chi connectivity index (χ3n) is 2.93. The molecule has 0 radical (unpaired) electrons. The lowest BCUT2D eigenvalue weighted by atomic mass is 10.3. The van der Waals surface area contributed by atoms with Crippen molar-refractivity contribution in [3.05, 3.63) is 28.7 Å². The number of aryl methyl sites for hydroxylation is 1. The van der Waals surface area contributed by atoms with E-state index in [-0.39, 0.29) is 24.0 Å². The molecule has 0 saturated heterocycles. The number of esters is 1. The second kappa shape index (κ2) is 7.58. The number of amides is 1. The van der Waals surface area contributed by atoms with Crippen LogP contribution in [-0.2, 0) is 22.5 Å². The summed E-state index contributed by atoms with van der Waals surface area (Å²) in [5.41, 5.74) is 0.0628. The number of aromatic amines is 1. The zero-order valence-corrected chi connectivity index (χ0v) is 13.5. The normalized spacial score (nSPS) is 10.3. The number of anilines is 1. The van der Waals surface area contributed by atoms with Gasteiger partial charge in [0.1, 0.15) is 12.4 Å². The number of rotatable bonds is 6. The molecule has 10 heteroatoms. The topological polar surface area (TPSA) is 115 Å². The van der Waals surface area contributed by atoms with Crippen LogP contribution in [0.15, 0.2) is 12.4 Å². The molecule has 0 unspecified atom stereocenters. The molecule has 0 aromatic carbocycles. The lowest BCUT2D eigenvalue weighted by molar-refractivity contribution is -0.116. The highest BCUT2D eigenvalue weighted by Crippen LogP contribution is 2.05. The molecule has 2 N–H and O–H groups in total. The standard InChI is InChI=1S/C13H16N6O3S/c1-3-4-10-17-18-13(23)19(10)7-11(20)16-9-6-14-8(5-15-9)12(21)22-2/h5-6H,3-4,7H2,1-2H3,(H,18,23)(H,15,16,20). The lowest BCUT2D eigenvalue weighted by Gasteiger charge is -2.07. The molecule has 2 rings (SSSR count). The van der Waals surface area contributed by atoms with Crippen molar-refractivity contribution in [2.75, 3.05) is 12.4 Å². The molecule has 0 spiro atoms. The Morgan fingerprint density at radius 2 is 2.17 bits per heavy atom. The van der Waals surface area contributed by atoms with Crippen LogP contribution in [0.1, 0.15) is 29.7 Å². The number of hydrogen-bond donors (Lipinski definition) is 2.